The Labute approximate surface area is 71.0 Å². The smallest absolute Gasteiger partial charge is 0.195 e. The van der Waals surface area contributed by atoms with Crippen LogP contribution in [0.25, 0.3) is 0 Å². The zero-order chi connectivity index (χ0) is 8.39. The lowest BCUT2D eigenvalue weighted by Crippen LogP contribution is -2.19. The van der Waals surface area contributed by atoms with Crippen molar-refractivity contribution in [3.63, 3.8) is 0 Å². The first-order valence-corrected chi connectivity index (χ1v) is 4.00. The minimum atomic E-state index is 0.727. The van der Waals surface area contributed by atoms with Crippen LogP contribution in [0.1, 0.15) is 6.92 Å². The molecule has 0 atom stereocenters. The third kappa shape index (κ3) is 1.05. The Morgan fingerprint density at radius 2 is 2.08 bits per heavy atom. The molecule has 62 valence electrons. The first kappa shape index (κ1) is 7.21. The molecule has 0 radical (unpaired) electrons. The molecule has 0 unspecified atom stereocenters. The Kier molecular flexibility index (Phi) is 1.74. The van der Waals surface area contributed by atoms with Crippen molar-refractivity contribution in [2.75, 3.05) is 13.1 Å². The summed E-state index contributed by atoms with van der Waals surface area (Å²) in [7, 11) is 0. The molecule has 12 heavy (non-hydrogen) atoms. The van der Waals surface area contributed by atoms with Gasteiger partial charge in [-0.25, -0.2) is 15.0 Å². The summed E-state index contributed by atoms with van der Waals surface area (Å²) in [5, 5.41) is 0. The highest BCUT2D eigenvalue weighted by Gasteiger charge is 2.16. The minimum absolute atomic E-state index is 0.727. The molecule has 2 heterocycles. The monoisotopic (exact) mass is 162 g/mol. The molecule has 4 nitrogen and oxygen atoms in total. The number of aliphatic imine (C=N–C) groups is 3. The summed E-state index contributed by atoms with van der Waals surface area (Å²) in [5.74, 6) is 1.62. The maximum absolute atomic E-state index is 4.22. The van der Waals surface area contributed by atoms with Crippen LogP contribution in [0.2, 0.25) is 0 Å². The summed E-state index contributed by atoms with van der Waals surface area (Å²) in [5.41, 5.74) is 0. The van der Waals surface area contributed by atoms with Crippen LogP contribution >= 0.6 is 0 Å². The summed E-state index contributed by atoms with van der Waals surface area (Å²) in [6, 6.07) is 0. The second-order valence-corrected chi connectivity index (χ2v) is 2.55. The zero-order valence-corrected chi connectivity index (χ0v) is 6.94. The summed E-state index contributed by atoms with van der Waals surface area (Å²) in [6.45, 7) is 3.92. The van der Waals surface area contributed by atoms with Gasteiger partial charge in [-0.15, -0.1) is 0 Å². The third-order valence-electron chi connectivity index (χ3n) is 1.86. The van der Waals surface area contributed by atoms with E-state index >= 15 is 0 Å². The molecule has 0 saturated carbocycles. The van der Waals surface area contributed by atoms with Crippen LogP contribution in [0.15, 0.2) is 26.6 Å². The second-order valence-electron chi connectivity index (χ2n) is 2.55. The lowest BCUT2D eigenvalue weighted by molar-refractivity contribution is 0.424. The molecule has 0 amide bonds. The van der Waals surface area contributed by atoms with Gasteiger partial charge in [0.05, 0.1) is 6.54 Å². The Morgan fingerprint density at radius 1 is 1.33 bits per heavy atom. The number of rotatable bonds is 1. The van der Waals surface area contributed by atoms with Crippen LogP contribution in [0, 0.1) is 0 Å². The van der Waals surface area contributed by atoms with E-state index in [0.29, 0.717) is 0 Å². The number of hydrogen-bond donors (Lipinski definition) is 0. The van der Waals surface area contributed by atoms with Gasteiger partial charge in [0.1, 0.15) is 0 Å². The summed E-state index contributed by atoms with van der Waals surface area (Å²) >= 11 is 0. The molecule has 0 saturated heterocycles. The van der Waals surface area contributed by atoms with Gasteiger partial charge in [-0.1, -0.05) is 0 Å². The van der Waals surface area contributed by atoms with Crippen LogP contribution in [0.3, 0.4) is 0 Å². The van der Waals surface area contributed by atoms with Crippen molar-refractivity contribution in [3.8, 4) is 0 Å². The molecule has 0 fully saturated rings. The number of nitrogens with zero attached hydrogens (tertiary/aromatic N) is 4. The molecule has 0 N–H and O–H groups in total. The van der Waals surface area contributed by atoms with Crippen LogP contribution in [-0.2, 0) is 0 Å². The lowest BCUT2D eigenvalue weighted by Gasteiger charge is -2.14. The van der Waals surface area contributed by atoms with Gasteiger partial charge in [0.2, 0.25) is 0 Å². The van der Waals surface area contributed by atoms with Crippen molar-refractivity contribution >= 4 is 18.6 Å². The quantitative estimate of drug-likeness (QED) is 0.558. The predicted octanol–water partition coefficient (Wildman–Crippen LogP) is 0.674. The Balaban J connectivity index is 2.32. The lowest BCUT2D eigenvalue weighted by atomic mass is 10.5. The molecule has 2 aliphatic heterocycles. The Bertz CT molecular complexity index is 284. The first-order chi connectivity index (χ1) is 5.92. The summed E-state index contributed by atoms with van der Waals surface area (Å²) in [4.78, 5) is 14.5. The maximum atomic E-state index is 4.22. The highest BCUT2D eigenvalue weighted by molar-refractivity contribution is 6.18. The van der Waals surface area contributed by atoms with Gasteiger partial charge < -0.3 is 4.90 Å². The van der Waals surface area contributed by atoms with E-state index in [-0.39, 0.29) is 0 Å². The molecular formula is C8H10N4. The maximum Gasteiger partial charge on any atom is 0.195 e. The Hall–Kier alpha value is -1.45. The highest BCUT2D eigenvalue weighted by Crippen LogP contribution is 2.18. The molecule has 4 heteroatoms. The summed E-state index contributed by atoms with van der Waals surface area (Å²) in [6.07, 6.45) is 5.25. The normalized spacial score (nSPS) is 20.2. The van der Waals surface area contributed by atoms with E-state index in [1.165, 1.54) is 0 Å². The number of hydrogen-bond acceptors (Lipinski definition) is 4. The van der Waals surface area contributed by atoms with E-state index in [9.17, 15) is 0 Å². The molecule has 0 aliphatic carbocycles. The fourth-order valence-electron chi connectivity index (χ4n) is 1.23. The van der Waals surface area contributed by atoms with Gasteiger partial charge in [0, 0.05) is 25.2 Å². The fraction of sp³-hybridized carbons (Fsp3) is 0.375. The van der Waals surface area contributed by atoms with E-state index in [2.05, 4.69) is 26.8 Å². The van der Waals surface area contributed by atoms with Crippen molar-refractivity contribution in [3.05, 3.63) is 11.6 Å². The molecular weight excluding hydrogens is 152 g/mol. The van der Waals surface area contributed by atoms with Crippen LogP contribution in [0.5, 0.6) is 0 Å². The van der Waals surface area contributed by atoms with E-state index in [1.54, 1.807) is 12.4 Å². The molecule has 0 bridgehead atoms. The van der Waals surface area contributed by atoms with Crippen LogP contribution in [0.4, 0.5) is 0 Å². The van der Waals surface area contributed by atoms with E-state index in [1.807, 2.05) is 6.21 Å². The second kappa shape index (κ2) is 2.89. The zero-order valence-electron chi connectivity index (χ0n) is 6.94. The van der Waals surface area contributed by atoms with Crippen molar-refractivity contribution in [1.82, 2.24) is 4.90 Å². The largest absolute Gasteiger partial charge is 0.348 e. The Morgan fingerprint density at radius 3 is 2.75 bits per heavy atom. The van der Waals surface area contributed by atoms with E-state index in [0.717, 1.165) is 24.7 Å². The minimum Gasteiger partial charge on any atom is -0.348 e. The van der Waals surface area contributed by atoms with Crippen LogP contribution in [-0.4, -0.2) is 36.6 Å². The van der Waals surface area contributed by atoms with Gasteiger partial charge in [-0.05, 0) is 6.92 Å². The third-order valence-corrected chi connectivity index (χ3v) is 1.86. The first-order valence-electron chi connectivity index (χ1n) is 4.00. The fourth-order valence-corrected chi connectivity index (χ4v) is 1.23. The molecule has 0 spiro atoms. The van der Waals surface area contributed by atoms with Crippen molar-refractivity contribution in [2.24, 2.45) is 15.0 Å². The average molecular weight is 162 g/mol. The van der Waals surface area contributed by atoms with Crippen LogP contribution < -0.4 is 0 Å². The van der Waals surface area contributed by atoms with Gasteiger partial charge in [0.25, 0.3) is 0 Å². The molecule has 0 aromatic rings. The van der Waals surface area contributed by atoms with Gasteiger partial charge >= 0.3 is 0 Å². The van der Waals surface area contributed by atoms with Crippen molar-refractivity contribution in [1.29, 1.82) is 0 Å². The van der Waals surface area contributed by atoms with Gasteiger partial charge in [0.15, 0.2) is 11.6 Å². The molecule has 0 aromatic heterocycles. The van der Waals surface area contributed by atoms with Gasteiger partial charge in [-0.2, -0.15) is 0 Å². The topological polar surface area (TPSA) is 40.3 Å². The standard InChI is InChI=1S/C8H10N4/c1-2-12-6-5-11-8(12)7-9-3-4-10-7/h3-5H,2,6H2,1H3. The molecule has 0 aromatic carbocycles. The SMILES string of the molecule is CCN1CC=NC1=C1N=CC=N1. The molecule has 2 aliphatic rings. The predicted molar refractivity (Wildman–Crippen MR) is 49.7 cm³/mol. The average Bonchev–Trinajstić information content (AvgIpc) is 2.74. The van der Waals surface area contributed by atoms with Crippen molar-refractivity contribution in [2.45, 2.75) is 6.92 Å². The molecule has 2 rings (SSSR count). The van der Waals surface area contributed by atoms with Crippen molar-refractivity contribution < 1.29 is 0 Å². The van der Waals surface area contributed by atoms with E-state index < -0.39 is 0 Å². The van der Waals surface area contributed by atoms with Gasteiger partial charge in [-0.3, -0.25) is 0 Å². The highest BCUT2D eigenvalue weighted by atomic mass is 15.3. The summed E-state index contributed by atoms with van der Waals surface area (Å²) < 4.78 is 0. The van der Waals surface area contributed by atoms with E-state index in [4.69, 9.17) is 0 Å².